The molecule has 2 heterocycles. The van der Waals surface area contributed by atoms with Gasteiger partial charge in [-0.3, -0.25) is 4.79 Å². The summed E-state index contributed by atoms with van der Waals surface area (Å²) in [5, 5.41) is 9.93. The molecule has 0 aliphatic carbocycles. The maximum Gasteiger partial charge on any atom is 0.410 e. The van der Waals surface area contributed by atoms with Gasteiger partial charge in [-0.15, -0.1) is 0 Å². The third-order valence-electron chi connectivity index (χ3n) is 6.93. The van der Waals surface area contributed by atoms with Crippen LogP contribution >= 0.6 is 0 Å². The second-order valence-corrected chi connectivity index (χ2v) is 10.7. The van der Waals surface area contributed by atoms with E-state index in [0.717, 1.165) is 16.9 Å². The Balaban J connectivity index is 1.94. The van der Waals surface area contributed by atoms with Crippen molar-refractivity contribution in [2.75, 3.05) is 13.1 Å². The van der Waals surface area contributed by atoms with Crippen molar-refractivity contribution in [3.8, 4) is 5.75 Å². The highest BCUT2D eigenvalue weighted by Crippen LogP contribution is 2.54. The van der Waals surface area contributed by atoms with Crippen LogP contribution in [0.1, 0.15) is 66.9 Å². The molecule has 1 aromatic carbocycles. The number of allylic oxidation sites excluding steroid dienone is 1. The summed E-state index contributed by atoms with van der Waals surface area (Å²) in [5.41, 5.74) is -0.829. The van der Waals surface area contributed by atoms with E-state index in [2.05, 4.69) is 6.08 Å². The van der Waals surface area contributed by atoms with E-state index in [4.69, 9.17) is 9.47 Å². The van der Waals surface area contributed by atoms with E-state index >= 15 is 0 Å². The van der Waals surface area contributed by atoms with Crippen molar-refractivity contribution in [2.45, 2.75) is 72.5 Å². The van der Waals surface area contributed by atoms with Crippen molar-refractivity contribution in [3.63, 3.8) is 0 Å². The normalized spacial score (nSPS) is 18.7. The summed E-state index contributed by atoms with van der Waals surface area (Å²) < 4.78 is 12.0. The van der Waals surface area contributed by atoms with Crippen LogP contribution in [0, 0.1) is 10.8 Å². The molecule has 0 aromatic heterocycles. The third kappa shape index (κ3) is 4.30. The topological polar surface area (TPSA) is 76.1 Å². The predicted molar refractivity (Wildman–Crippen MR) is 120 cm³/mol. The molecule has 1 spiro atoms. The summed E-state index contributed by atoms with van der Waals surface area (Å²) >= 11 is 0. The van der Waals surface area contributed by atoms with Gasteiger partial charge < -0.3 is 19.5 Å². The van der Waals surface area contributed by atoms with Crippen LogP contribution in [0.15, 0.2) is 30.3 Å². The summed E-state index contributed by atoms with van der Waals surface area (Å²) in [4.78, 5) is 26.3. The van der Waals surface area contributed by atoms with E-state index in [9.17, 15) is 14.7 Å². The van der Waals surface area contributed by atoms with Crippen LogP contribution < -0.4 is 4.74 Å². The molecule has 2 aliphatic heterocycles. The van der Waals surface area contributed by atoms with Gasteiger partial charge in [0.1, 0.15) is 17.0 Å². The molecule has 0 bridgehead atoms. The number of hydrogen-bond acceptors (Lipinski definition) is 4. The molecule has 0 unspecified atom stereocenters. The Morgan fingerprint density at radius 1 is 1.03 bits per heavy atom. The molecule has 0 saturated carbocycles. The molecule has 3 rings (SSSR count). The smallest absolute Gasteiger partial charge is 0.410 e. The van der Waals surface area contributed by atoms with Crippen LogP contribution in [0.5, 0.6) is 5.75 Å². The summed E-state index contributed by atoms with van der Waals surface area (Å²) in [7, 11) is 0. The molecule has 1 saturated heterocycles. The molecule has 170 valence electrons. The zero-order chi connectivity index (χ0) is 23.2. The van der Waals surface area contributed by atoms with E-state index in [0.29, 0.717) is 25.9 Å². The van der Waals surface area contributed by atoms with Gasteiger partial charge in [-0.1, -0.05) is 32.0 Å². The standard InChI is InChI=1S/C25H35NO5/c1-22(2,3)31-21(29)26-14-12-25(13-15-26)16-18(17-10-8-9-11-19(17)30-25)23(4,5)24(6,7)20(27)28/h8-11,16H,12-15H2,1-7H3,(H,27,28). The maximum absolute atomic E-state index is 12.5. The first-order valence-corrected chi connectivity index (χ1v) is 10.9. The van der Waals surface area contributed by atoms with Gasteiger partial charge in [-0.2, -0.15) is 0 Å². The molecule has 1 N–H and O–H groups in total. The Morgan fingerprint density at radius 2 is 1.61 bits per heavy atom. The van der Waals surface area contributed by atoms with Gasteiger partial charge >= 0.3 is 12.1 Å². The molecule has 2 aliphatic rings. The highest BCUT2D eigenvalue weighted by molar-refractivity contribution is 5.84. The zero-order valence-electron chi connectivity index (χ0n) is 19.7. The number of likely N-dealkylation sites (tertiary alicyclic amines) is 1. The van der Waals surface area contributed by atoms with Crippen LogP contribution in [0.25, 0.3) is 5.57 Å². The van der Waals surface area contributed by atoms with Crippen molar-refractivity contribution in [2.24, 2.45) is 10.8 Å². The Labute approximate surface area is 185 Å². The lowest BCUT2D eigenvalue weighted by molar-refractivity contribution is -0.151. The number of para-hydroxylation sites is 1. The lowest BCUT2D eigenvalue weighted by Crippen LogP contribution is -2.51. The monoisotopic (exact) mass is 429 g/mol. The van der Waals surface area contributed by atoms with Gasteiger partial charge in [0.25, 0.3) is 0 Å². The van der Waals surface area contributed by atoms with E-state index in [1.165, 1.54) is 0 Å². The molecule has 6 nitrogen and oxygen atoms in total. The molecule has 1 aromatic rings. The second-order valence-electron chi connectivity index (χ2n) is 10.7. The first-order valence-electron chi connectivity index (χ1n) is 10.9. The number of aliphatic carboxylic acids is 1. The molecular weight excluding hydrogens is 394 g/mol. The van der Waals surface area contributed by atoms with Gasteiger partial charge in [-0.05, 0) is 52.3 Å². The number of ether oxygens (including phenoxy) is 2. The number of carbonyl (C=O) groups is 2. The van der Waals surface area contributed by atoms with Gasteiger partial charge in [0, 0.05) is 36.9 Å². The molecule has 1 fully saturated rings. The number of fused-ring (bicyclic) bond motifs is 1. The van der Waals surface area contributed by atoms with Crippen LogP contribution in [0.4, 0.5) is 4.79 Å². The lowest BCUT2D eigenvalue weighted by atomic mass is 9.61. The molecule has 0 radical (unpaired) electrons. The quantitative estimate of drug-likeness (QED) is 0.699. The summed E-state index contributed by atoms with van der Waals surface area (Å²) in [5.74, 6) is -0.0730. The van der Waals surface area contributed by atoms with Crippen molar-refractivity contribution < 1.29 is 24.2 Å². The summed E-state index contributed by atoms with van der Waals surface area (Å²) in [6.07, 6.45) is 3.04. The zero-order valence-corrected chi connectivity index (χ0v) is 19.7. The minimum absolute atomic E-state index is 0.310. The molecule has 6 heteroatoms. The minimum atomic E-state index is -0.984. The number of hydrogen-bond donors (Lipinski definition) is 1. The van der Waals surface area contributed by atoms with E-state index in [-0.39, 0.29) is 6.09 Å². The number of carbonyl (C=O) groups excluding carboxylic acids is 1. The number of carboxylic acids is 1. The fourth-order valence-corrected chi connectivity index (χ4v) is 4.13. The van der Waals surface area contributed by atoms with Crippen LogP contribution in [0.3, 0.4) is 0 Å². The first kappa shape index (κ1) is 23.2. The van der Waals surface area contributed by atoms with Gasteiger partial charge in [0.05, 0.1) is 5.41 Å². The van der Waals surface area contributed by atoms with Crippen molar-refractivity contribution in [1.82, 2.24) is 4.90 Å². The Morgan fingerprint density at radius 3 is 2.16 bits per heavy atom. The molecular formula is C25H35NO5. The number of nitrogens with zero attached hydrogens (tertiary/aromatic N) is 1. The molecule has 0 atom stereocenters. The Kier molecular flexibility index (Phi) is 5.66. The fourth-order valence-electron chi connectivity index (χ4n) is 4.13. The van der Waals surface area contributed by atoms with Crippen LogP contribution in [-0.4, -0.2) is 46.4 Å². The summed E-state index contributed by atoms with van der Waals surface area (Å²) in [6.45, 7) is 14.1. The number of amides is 1. The summed E-state index contributed by atoms with van der Waals surface area (Å²) in [6, 6.07) is 7.81. The number of rotatable bonds is 3. The Bertz CT molecular complexity index is 899. The Hall–Kier alpha value is -2.50. The van der Waals surface area contributed by atoms with Crippen LogP contribution in [-0.2, 0) is 9.53 Å². The largest absolute Gasteiger partial charge is 0.482 e. The first-order chi connectivity index (χ1) is 14.2. The number of carboxylic acid groups (broad SMARTS) is 1. The molecule has 1 amide bonds. The van der Waals surface area contributed by atoms with Gasteiger partial charge in [0.15, 0.2) is 0 Å². The second kappa shape index (κ2) is 7.57. The molecule has 31 heavy (non-hydrogen) atoms. The van der Waals surface area contributed by atoms with Gasteiger partial charge in [-0.25, -0.2) is 4.79 Å². The third-order valence-corrected chi connectivity index (χ3v) is 6.93. The predicted octanol–water partition coefficient (Wildman–Crippen LogP) is 5.37. The van der Waals surface area contributed by atoms with E-state index in [1.54, 1.807) is 18.7 Å². The minimum Gasteiger partial charge on any atom is -0.482 e. The van der Waals surface area contributed by atoms with E-state index < -0.39 is 28.0 Å². The van der Waals surface area contributed by atoms with Crippen molar-refractivity contribution in [3.05, 3.63) is 35.9 Å². The fraction of sp³-hybridized carbons (Fsp3) is 0.600. The average Bonchev–Trinajstić information content (AvgIpc) is 2.66. The SMILES string of the molecule is CC(C)(C)OC(=O)N1CCC2(C=C(C(C)(C)C(C)(C)C(=O)O)c3ccccc3O2)CC1. The van der Waals surface area contributed by atoms with Crippen LogP contribution in [0.2, 0.25) is 0 Å². The average molecular weight is 430 g/mol. The number of benzene rings is 1. The van der Waals surface area contributed by atoms with E-state index in [1.807, 2.05) is 58.9 Å². The highest BCUT2D eigenvalue weighted by Gasteiger charge is 2.50. The number of piperidine rings is 1. The lowest BCUT2D eigenvalue weighted by Gasteiger charge is -2.47. The van der Waals surface area contributed by atoms with Crippen molar-refractivity contribution in [1.29, 1.82) is 0 Å². The van der Waals surface area contributed by atoms with Crippen molar-refractivity contribution >= 4 is 17.6 Å². The maximum atomic E-state index is 12.5. The van der Waals surface area contributed by atoms with Gasteiger partial charge in [0.2, 0.25) is 0 Å². The highest BCUT2D eigenvalue weighted by atomic mass is 16.6.